The molecule has 0 fully saturated rings. The molecule has 0 aliphatic heterocycles. The minimum Gasteiger partial charge on any atom is -0.497 e. The van der Waals surface area contributed by atoms with Crippen LogP contribution in [0.2, 0.25) is 0 Å². The van der Waals surface area contributed by atoms with Gasteiger partial charge in [0, 0.05) is 24.9 Å². The van der Waals surface area contributed by atoms with Gasteiger partial charge in [-0.3, -0.25) is 0 Å². The number of aryl methyl sites for hydroxylation is 1. The topological polar surface area (TPSA) is 27.1 Å². The molecular formula is C21H24N2O. The second kappa shape index (κ2) is 6.91. The van der Waals surface area contributed by atoms with Crippen molar-refractivity contribution >= 4 is 0 Å². The zero-order valence-electron chi connectivity index (χ0n) is 14.8. The number of aromatic nitrogens is 2. The van der Waals surface area contributed by atoms with Crippen molar-refractivity contribution in [3.05, 3.63) is 82.9 Å². The van der Waals surface area contributed by atoms with E-state index in [-0.39, 0.29) is 5.92 Å². The van der Waals surface area contributed by atoms with Crippen LogP contribution in [0, 0.1) is 13.8 Å². The monoisotopic (exact) mass is 320 g/mol. The molecule has 24 heavy (non-hydrogen) atoms. The van der Waals surface area contributed by atoms with Crippen molar-refractivity contribution < 1.29 is 4.74 Å². The van der Waals surface area contributed by atoms with Crippen LogP contribution in [0.3, 0.4) is 0 Å². The highest BCUT2D eigenvalue weighted by Crippen LogP contribution is 2.27. The van der Waals surface area contributed by atoms with Gasteiger partial charge in [0.2, 0.25) is 0 Å². The molecule has 0 saturated carbocycles. The summed E-state index contributed by atoms with van der Waals surface area (Å²) in [6, 6.07) is 14.7. The van der Waals surface area contributed by atoms with Crippen molar-refractivity contribution in [2.75, 3.05) is 7.11 Å². The van der Waals surface area contributed by atoms with E-state index in [2.05, 4.69) is 66.9 Å². The van der Waals surface area contributed by atoms with Crippen molar-refractivity contribution in [1.82, 2.24) is 9.55 Å². The highest BCUT2D eigenvalue weighted by Gasteiger charge is 2.17. The molecule has 0 bridgehead atoms. The Kier molecular flexibility index (Phi) is 4.70. The third-order valence-corrected chi connectivity index (χ3v) is 4.74. The van der Waals surface area contributed by atoms with Gasteiger partial charge in [0.05, 0.1) is 7.11 Å². The van der Waals surface area contributed by atoms with Gasteiger partial charge in [-0.2, -0.15) is 0 Å². The maximum Gasteiger partial charge on any atom is 0.119 e. The summed E-state index contributed by atoms with van der Waals surface area (Å²) in [5.41, 5.74) is 5.22. The molecule has 1 atom stereocenters. The van der Waals surface area contributed by atoms with E-state index in [0.717, 1.165) is 18.1 Å². The Labute approximate surface area is 143 Å². The van der Waals surface area contributed by atoms with Crippen LogP contribution < -0.4 is 4.74 Å². The molecule has 0 aliphatic rings. The summed E-state index contributed by atoms with van der Waals surface area (Å²) in [4.78, 5) is 4.63. The fourth-order valence-corrected chi connectivity index (χ4v) is 3.18. The van der Waals surface area contributed by atoms with Crippen LogP contribution in [-0.2, 0) is 6.54 Å². The minimum atomic E-state index is 0.255. The van der Waals surface area contributed by atoms with Gasteiger partial charge >= 0.3 is 0 Å². The van der Waals surface area contributed by atoms with E-state index < -0.39 is 0 Å². The zero-order chi connectivity index (χ0) is 17.1. The zero-order valence-corrected chi connectivity index (χ0v) is 14.8. The first kappa shape index (κ1) is 16.3. The van der Waals surface area contributed by atoms with E-state index in [4.69, 9.17) is 4.74 Å². The van der Waals surface area contributed by atoms with Gasteiger partial charge in [-0.1, -0.05) is 37.3 Å². The van der Waals surface area contributed by atoms with Crippen LogP contribution in [-0.4, -0.2) is 16.7 Å². The first-order chi connectivity index (χ1) is 11.6. The molecule has 0 N–H and O–H groups in total. The third kappa shape index (κ3) is 3.21. The molecule has 3 nitrogen and oxygen atoms in total. The quantitative estimate of drug-likeness (QED) is 0.681. The molecule has 124 valence electrons. The van der Waals surface area contributed by atoms with Crippen molar-refractivity contribution in [3.63, 3.8) is 0 Å². The lowest BCUT2D eigenvalue weighted by molar-refractivity contribution is 0.414. The van der Waals surface area contributed by atoms with E-state index >= 15 is 0 Å². The van der Waals surface area contributed by atoms with Crippen molar-refractivity contribution in [2.24, 2.45) is 0 Å². The predicted octanol–water partition coefficient (Wildman–Crippen LogP) is 4.71. The molecule has 3 rings (SSSR count). The molecule has 0 amide bonds. The molecule has 1 heterocycles. The lowest BCUT2D eigenvalue weighted by Crippen LogP contribution is -2.10. The van der Waals surface area contributed by atoms with E-state index in [9.17, 15) is 0 Å². The Hall–Kier alpha value is -2.55. The van der Waals surface area contributed by atoms with Crippen molar-refractivity contribution in [2.45, 2.75) is 33.2 Å². The minimum absolute atomic E-state index is 0.255. The Morgan fingerprint density at radius 2 is 1.92 bits per heavy atom. The lowest BCUT2D eigenvalue weighted by Gasteiger charge is -2.18. The van der Waals surface area contributed by atoms with Crippen molar-refractivity contribution in [1.29, 1.82) is 0 Å². The number of ether oxygens (including phenoxy) is 1. The summed E-state index contributed by atoms with van der Waals surface area (Å²) in [7, 11) is 1.70. The van der Waals surface area contributed by atoms with Crippen LogP contribution in [0.4, 0.5) is 0 Å². The maximum absolute atomic E-state index is 5.33. The van der Waals surface area contributed by atoms with Gasteiger partial charge in [-0.05, 0) is 48.2 Å². The molecule has 2 aromatic carbocycles. The van der Waals surface area contributed by atoms with E-state index in [1.165, 1.54) is 22.3 Å². The molecule has 0 spiro atoms. The standard InChI is InChI=1S/C21H24N2O/c1-15-7-5-10-20(16(15)2)17(3)21-22-11-12-23(21)14-18-8-6-9-19(13-18)24-4/h5-13,17H,14H2,1-4H3/t17-/m0/s1. The van der Waals surface area contributed by atoms with E-state index in [0.29, 0.717) is 0 Å². The Morgan fingerprint density at radius 1 is 1.12 bits per heavy atom. The maximum atomic E-state index is 5.33. The van der Waals surface area contributed by atoms with E-state index in [1.807, 2.05) is 18.3 Å². The Bertz CT molecular complexity index is 835. The van der Waals surface area contributed by atoms with Crippen LogP contribution in [0.1, 0.15) is 40.9 Å². The molecule has 0 saturated heterocycles. The van der Waals surface area contributed by atoms with Gasteiger partial charge in [-0.25, -0.2) is 4.98 Å². The summed E-state index contributed by atoms with van der Waals surface area (Å²) in [6.07, 6.45) is 3.94. The summed E-state index contributed by atoms with van der Waals surface area (Å²) in [5, 5.41) is 0. The van der Waals surface area contributed by atoms with Crippen LogP contribution in [0.5, 0.6) is 5.75 Å². The summed E-state index contributed by atoms with van der Waals surface area (Å²) < 4.78 is 7.55. The highest BCUT2D eigenvalue weighted by atomic mass is 16.5. The second-order valence-corrected chi connectivity index (χ2v) is 6.28. The Morgan fingerprint density at radius 3 is 2.71 bits per heavy atom. The molecular weight excluding hydrogens is 296 g/mol. The van der Waals surface area contributed by atoms with Gasteiger partial charge in [0.25, 0.3) is 0 Å². The highest BCUT2D eigenvalue weighted by molar-refractivity contribution is 5.38. The smallest absolute Gasteiger partial charge is 0.119 e. The number of imidazole rings is 1. The third-order valence-electron chi connectivity index (χ3n) is 4.74. The molecule has 1 aromatic heterocycles. The SMILES string of the molecule is COc1cccc(Cn2ccnc2[C@@H](C)c2cccc(C)c2C)c1. The predicted molar refractivity (Wildman–Crippen MR) is 97.8 cm³/mol. The average molecular weight is 320 g/mol. The number of benzene rings is 2. The van der Waals surface area contributed by atoms with E-state index in [1.54, 1.807) is 7.11 Å². The van der Waals surface area contributed by atoms with Crippen LogP contribution >= 0.6 is 0 Å². The number of rotatable bonds is 5. The first-order valence-electron chi connectivity index (χ1n) is 8.30. The lowest BCUT2D eigenvalue weighted by atomic mass is 9.93. The molecule has 0 radical (unpaired) electrons. The van der Waals surface area contributed by atoms with Crippen LogP contribution in [0.15, 0.2) is 54.9 Å². The number of hydrogen-bond donors (Lipinski definition) is 0. The van der Waals surface area contributed by atoms with Gasteiger partial charge in [0.1, 0.15) is 11.6 Å². The molecule has 0 unspecified atom stereocenters. The largest absolute Gasteiger partial charge is 0.497 e. The number of hydrogen-bond acceptors (Lipinski definition) is 2. The second-order valence-electron chi connectivity index (χ2n) is 6.28. The summed E-state index contributed by atoms with van der Waals surface area (Å²) >= 11 is 0. The van der Waals surface area contributed by atoms with Gasteiger partial charge < -0.3 is 9.30 Å². The summed E-state index contributed by atoms with van der Waals surface area (Å²) in [6.45, 7) is 7.37. The Balaban J connectivity index is 1.91. The summed E-state index contributed by atoms with van der Waals surface area (Å²) in [5.74, 6) is 2.23. The number of methoxy groups -OCH3 is 1. The van der Waals surface area contributed by atoms with Crippen molar-refractivity contribution in [3.8, 4) is 5.75 Å². The fourth-order valence-electron chi connectivity index (χ4n) is 3.18. The van der Waals surface area contributed by atoms with Gasteiger partial charge in [-0.15, -0.1) is 0 Å². The van der Waals surface area contributed by atoms with Gasteiger partial charge in [0.15, 0.2) is 0 Å². The normalized spacial score (nSPS) is 12.2. The fraction of sp³-hybridized carbons (Fsp3) is 0.286. The van der Waals surface area contributed by atoms with Crippen LogP contribution in [0.25, 0.3) is 0 Å². The molecule has 3 aromatic rings. The number of nitrogens with zero attached hydrogens (tertiary/aromatic N) is 2. The molecule has 0 aliphatic carbocycles. The first-order valence-corrected chi connectivity index (χ1v) is 8.30. The molecule has 3 heteroatoms. The average Bonchev–Trinajstić information content (AvgIpc) is 3.05.